The van der Waals surface area contributed by atoms with Crippen molar-refractivity contribution in [1.82, 2.24) is 15.3 Å². The minimum atomic E-state index is -0.256. The molecule has 6 heteroatoms. The molecular formula is C21H19ClN4O. The first-order valence-electron chi connectivity index (χ1n) is 8.92. The molecule has 2 aromatic carbocycles. The van der Waals surface area contributed by atoms with Crippen molar-refractivity contribution in [3.05, 3.63) is 76.9 Å². The lowest BCUT2D eigenvalue weighted by molar-refractivity contribution is 0.0946. The summed E-state index contributed by atoms with van der Waals surface area (Å²) < 4.78 is 0. The van der Waals surface area contributed by atoms with Crippen LogP contribution >= 0.6 is 11.6 Å². The average Bonchev–Trinajstić information content (AvgIpc) is 3.51. The first-order chi connectivity index (χ1) is 13.2. The van der Waals surface area contributed by atoms with Crippen LogP contribution < -0.4 is 10.6 Å². The van der Waals surface area contributed by atoms with Crippen LogP contribution in [0.1, 0.15) is 28.9 Å². The molecule has 1 amide bonds. The third-order valence-electron chi connectivity index (χ3n) is 4.32. The van der Waals surface area contributed by atoms with Crippen molar-refractivity contribution in [3.8, 4) is 11.4 Å². The Bertz CT molecular complexity index is 957. The molecule has 1 fully saturated rings. The number of amides is 1. The van der Waals surface area contributed by atoms with Gasteiger partial charge in [0, 0.05) is 29.2 Å². The number of aromatic nitrogens is 2. The van der Waals surface area contributed by atoms with Gasteiger partial charge in [-0.2, -0.15) is 0 Å². The fraction of sp³-hybridized carbons (Fsp3) is 0.190. The third-order valence-corrected chi connectivity index (χ3v) is 4.69. The highest BCUT2D eigenvalue weighted by atomic mass is 35.5. The molecule has 3 aromatic rings. The van der Waals surface area contributed by atoms with Crippen LogP contribution in [0.15, 0.2) is 60.7 Å². The van der Waals surface area contributed by atoms with Crippen molar-refractivity contribution in [2.75, 3.05) is 5.32 Å². The largest absolute Gasteiger partial charge is 0.367 e. The molecule has 1 saturated carbocycles. The summed E-state index contributed by atoms with van der Waals surface area (Å²) in [7, 11) is 0. The second-order valence-corrected chi connectivity index (χ2v) is 6.93. The van der Waals surface area contributed by atoms with E-state index in [1.807, 2.05) is 48.5 Å². The summed E-state index contributed by atoms with van der Waals surface area (Å²) in [5, 5.41) is 6.87. The van der Waals surface area contributed by atoms with Crippen molar-refractivity contribution in [3.63, 3.8) is 0 Å². The Morgan fingerprint density at radius 3 is 2.52 bits per heavy atom. The Labute approximate surface area is 162 Å². The SMILES string of the molecule is O=C(NCc1ccccc1Cl)c1cc(NC2CC2)nc(-c2ccccc2)n1. The average molecular weight is 379 g/mol. The number of benzene rings is 2. The lowest BCUT2D eigenvalue weighted by atomic mass is 10.2. The van der Waals surface area contributed by atoms with Gasteiger partial charge in [-0.05, 0) is 24.5 Å². The molecule has 0 atom stereocenters. The van der Waals surface area contributed by atoms with Gasteiger partial charge >= 0.3 is 0 Å². The van der Waals surface area contributed by atoms with Gasteiger partial charge in [0.25, 0.3) is 5.91 Å². The van der Waals surface area contributed by atoms with E-state index < -0.39 is 0 Å². The van der Waals surface area contributed by atoms with E-state index in [0.29, 0.717) is 34.9 Å². The fourth-order valence-electron chi connectivity index (χ4n) is 2.70. The molecule has 5 nitrogen and oxygen atoms in total. The molecule has 4 rings (SSSR count). The summed E-state index contributed by atoms with van der Waals surface area (Å²) in [4.78, 5) is 21.7. The molecule has 136 valence electrons. The number of rotatable bonds is 6. The van der Waals surface area contributed by atoms with Crippen LogP contribution in [0, 0.1) is 0 Å². The predicted molar refractivity (Wildman–Crippen MR) is 107 cm³/mol. The molecule has 0 unspecified atom stereocenters. The predicted octanol–water partition coefficient (Wildman–Crippen LogP) is 4.30. The van der Waals surface area contributed by atoms with Gasteiger partial charge in [0.1, 0.15) is 11.5 Å². The monoisotopic (exact) mass is 378 g/mol. The molecule has 0 bridgehead atoms. The van der Waals surface area contributed by atoms with Gasteiger partial charge in [-0.1, -0.05) is 60.1 Å². The van der Waals surface area contributed by atoms with Gasteiger partial charge in [-0.15, -0.1) is 0 Å². The highest BCUT2D eigenvalue weighted by Crippen LogP contribution is 2.25. The highest BCUT2D eigenvalue weighted by molar-refractivity contribution is 6.31. The zero-order valence-corrected chi connectivity index (χ0v) is 15.4. The Hall–Kier alpha value is -2.92. The number of halogens is 1. The van der Waals surface area contributed by atoms with Crippen molar-refractivity contribution >= 4 is 23.3 Å². The Morgan fingerprint density at radius 2 is 1.78 bits per heavy atom. The van der Waals surface area contributed by atoms with E-state index in [1.54, 1.807) is 12.1 Å². The quantitative estimate of drug-likeness (QED) is 0.671. The van der Waals surface area contributed by atoms with E-state index in [4.69, 9.17) is 11.6 Å². The molecule has 0 aliphatic heterocycles. The van der Waals surface area contributed by atoms with E-state index in [2.05, 4.69) is 20.6 Å². The fourth-order valence-corrected chi connectivity index (χ4v) is 2.90. The smallest absolute Gasteiger partial charge is 0.270 e. The summed E-state index contributed by atoms with van der Waals surface area (Å²) in [5.41, 5.74) is 2.07. The van der Waals surface area contributed by atoms with E-state index >= 15 is 0 Å². The Balaban J connectivity index is 1.58. The van der Waals surface area contributed by atoms with E-state index in [1.165, 1.54) is 0 Å². The first-order valence-corrected chi connectivity index (χ1v) is 9.29. The topological polar surface area (TPSA) is 66.9 Å². The van der Waals surface area contributed by atoms with E-state index in [0.717, 1.165) is 24.0 Å². The van der Waals surface area contributed by atoms with Crippen LogP contribution in [0.5, 0.6) is 0 Å². The molecule has 0 radical (unpaired) electrons. The van der Waals surface area contributed by atoms with Gasteiger partial charge in [0.05, 0.1) is 0 Å². The van der Waals surface area contributed by atoms with Crippen LogP contribution in [0.3, 0.4) is 0 Å². The van der Waals surface area contributed by atoms with Crippen molar-refractivity contribution in [1.29, 1.82) is 0 Å². The normalized spacial score (nSPS) is 13.2. The summed E-state index contributed by atoms with van der Waals surface area (Å²) in [6.45, 7) is 0.342. The zero-order valence-electron chi connectivity index (χ0n) is 14.7. The third kappa shape index (κ3) is 4.44. The molecular weight excluding hydrogens is 360 g/mol. The van der Waals surface area contributed by atoms with E-state index in [9.17, 15) is 4.79 Å². The minimum absolute atomic E-state index is 0.256. The first kappa shape index (κ1) is 17.5. The van der Waals surface area contributed by atoms with Gasteiger partial charge in [0.2, 0.25) is 0 Å². The highest BCUT2D eigenvalue weighted by Gasteiger charge is 2.22. The van der Waals surface area contributed by atoms with Crippen LogP contribution in [0.4, 0.5) is 5.82 Å². The van der Waals surface area contributed by atoms with Crippen LogP contribution in [0.2, 0.25) is 5.02 Å². The maximum absolute atomic E-state index is 12.7. The maximum Gasteiger partial charge on any atom is 0.270 e. The van der Waals surface area contributed by atoms with Gasteiger partial charge in [-0.25, -0.2) is 9.97 Å². The number of nitrogens with one attached hydrogen (secondary N) is 2. The molecule has 0 spiro atoms. The van der Waals surface area contributed by atoms with Crippen molar-refractivity contribution in [2.24, 2.45) is 0 Å². The molecule has 1 heterocycles. The number of nitrogens with zero attached hydrogens (tertiary/aromatic N) is 2. The number of anilines is 1. The van der Waals surface area contributed by atoms with Gasteiger partial charge in [-0.3, -0.25) is 4.79 Å². The lowest BCUT2D eigenvalue weighted by Crippen LogP contribution is -2.24. The van der Waals surface area contributed by atoms with Crippen molar-refractivity contribution in [2.45, 2.75) is 25.4 Å². The summed E-state index contributed by atoms with van der Waals surface area (Å²) >= 11 is 6.16. The number of hydrogen-bond acceptors (Lipinski definition) is 4. The maximum atomic E-state index is 12.7. The van der Waals surface area contributed by atoms with Crippen LogP contribution in [0.25, 0.3) is 11.4 Å². The molecule has 27 heavy (non-hydrogen) atoms. The lowest BCUT2D eigenvalue weighted by Gasteiger charge is -2.11. The van der Waals surface area contributed by atoms with Gasteiger partial charge < -0.3 is 10.6 Å². The molecule has 1 aliphatic rings. The molecule has 1 aromatic heterocycles. The van der Waals surface area contributed by atoms with Gasteiger partial charge in [0.15, 0.2) is 5.82 Å². The van der Waals surface area contributed by atoms with Crippen molar-refractivity contribution < 1.29 is 4.79 Å². The van der Waals surface area contributed by atoms with E-state index in [-0.39, 0.29) is 5.91 Å². The Morgan fingerprint density at radius 1 is 1.04 bits per heavy atom. The second kappa shape index (κ2) is 7.76. The summed E-state index contributed by atoms with van der Waals surface area (Å²) in [6.07, 6.45) is 2.25. The molecule has 0 saturated heterocycles. The number of hydrogen-bond donors (Lipinski definition) is 2. The minimum Gasteiger partial charge on any atom is -0.367 e. The zero-order chi connectivity index (χ0) is 18.6. The number of carbonyl (C=O) groups is 1. The van der Waals surface area contributed by atoms with Crippen LogP contribution in [-0.4, -0.2) is 21.9 Å². The summed E-state index contributed by atoms with van der Waals surface area (Å²) in [6, 6.07) is 19.2. The Kier molecular flexibility index (Phi) is 5.03. The second-order valence-electron chi connectivity index (χ2n) is 6.52. The number of carbonyl (C=O) groups excluding carboxylic acids is 1. The molecule has 1 aliphatic carbocycles. The summed E-state index contributed by atoms with van der Waals surface area (Å²) in [5.74, 6) is 0.951. The standard InChI is InChI=1S/C21H19ClN4O/c22-17-9-5-4-8-15(17)13-23-21(27)18-12-19(24-16-10-11-16)26-20(25-18)14-6-2-1-3-7-14/h1-9,12,16H,10-11,13H2,(H,23,27)(H,24,25,26). The molecule has 2 N–H and O–H groups in total. The van der Waals surface area contributed by atoms with Crippen LogP contribution in [-0.2, 0) is 6.54 Å².